The molecule has 0 aliphatic rings. The number of hydrogen-bond donors (Lipinski definition) is 1. The van der Waals surface area contributed by atoms with E-state index in [-0.39, 0.29) is 5.69 Å². The lowest BCUT2D eigenvalue weighted by Crippen LogP contribution is -2.29. The first-order valence-corrected chi connectivity index (χ1v) is 3.91. The van der Waals surface area contributed by atoms with Crippen molar-refractivity contribution in [1.29, 1.82) is 0 Å². The van der Waals surface area contributed by atoms with Crippen LogP contribution < -0.4 is 5.32 Å². The number of carbonyl (C=O) groups is 1. The molecule has 0 saturated heterocycles. The van der Waals surface area contributed by atoms with E-state index in [4.69, 9.17) is 11.6 Å². The number of hydrogen-bond acceptors (Lipinski definition) is 1. The van der Waals surface area contributed by atoms with Crippen LogP contribution >= 0.6 is 11.6 Å². The Labute approximate surface area is 82.7 Å². The fourth-order valence-electron chi connectivity index (χ4n) is 0.735. The summed E-state index contributed by atoms with van der Waals surface area (Å²) in [4.78, 5) is 10.4. The molecule has 0 aromatic heterocycles. The van der Waals surface area contributed by atoms with Crippen LogP contribution in [-0.4, -0.2) is 12.1 Å². The summed E-state index contributed by atoms with van der Waals surface area (Å²) in [6.45, 7) is 0. The lowest BCUT2D eigenvalue weighted by Gasteiger charge is -2.07. The van der Waals surface area contributed by atoms with E-state index in [0.717, 1.165) is 0 Å². The van der Waals surface area contributed by atoms with E-state index < -0.39 is 12.1 Å². The van der Waals surface area contributed by atoms with Gasteiger partial charge in [0.15, 0.2) is 0 Å². The summed E-state index contributed by atoms with van der Waals surface area (Å²) < 4.78 is 35.3. The number of benzene rings is 1. The predicted molar refractivity (Wildman–Crippen MR) is 46.1 cm³/mol. The number of carbonyl (C=O) groups excluding carboxylic acids is 1. The molecule has 6 heteroatoms. The first kappa shape index (κ1) is 10.8. The van der Waals surface area contributed by atoms with Gasteiger partial charge in [0.2, 0.25) is 0 Å². The van der Waals surface area contributed by atoms with Crippen molar-refractivity contribution in [2.45, 2.75) is 6.18 Å². The average molecular weight is 224 g/mol. The van der Waals surface area contributed by atoms with Crippen LogP contribution in [0.2, 0.25) is 5.02 Å². The predicted octanol–water partition coefficient (Wildman–Crippen LogP) is 2.84. The van der Waals surface area contributed by atoms with E-state index in [1.54, 1.807) is 5.32 Å². The molecule has 0 heterocycles. The lowest BCUT2D eigenvalue weighted by atomic mass is 10.3. The second kappa shape index (κ2) is 3.88. The minimum absolute atomic E-state index is 0.0525. The van der Waals surface area contributed by atoms with Crippen molar-refractivity contribution in [3.8, 4) is 0 Å². The third kappa shape index (κ3) is 2.92. The highest BCUT2D eigenvalue weighted by molar-refractivity contribution is 6.30. The Morgan fingerprint density at radius 1 is 1.21 bits per heavy atom. The van der Waals surface area contributed by atoms with Crippen LogP contribution in [-0.2, 0) is 4.79 Å². The first-order valence-electron chi connectivity index (χ1n) is 3.53. The van der Waals surface area contributed by atoms with Crippen molar-refractivity contribution in [1.82, 2.24) is 0 Å². The minimum atomic E-state index is -4.88. The maximum Gasteiger partial charge on any atom is 0.471 e. The van der Waals surface area contributed by atoms with Gasteiger partial charge >= 0.3 is 12.1 Å². The number of anilines is 1. The first-order chi connectivity index (χ1) is 6.39. The Hall–Kier alpha value is -1.23. The van der Waals surface area contributed by atoms with E-state index in [9.17, 15) is 18.0 Å². The normalized spacial score (nSPS) is 11.1. The standard InChI is InChI=1S/C8H5ClF3NO/c9-5-1-3-6(4-2-5)13-7(14)8(10,11)12/h1-4H,(H,13,14). The molecule has 0 fully saturated rings. The highest BCUT2D eigenvalue weighted by Crippen LogP contribution is 2.19. The molecule has 1 aromatic rings. The summed E-state index contributed by atoms with van der Waals surface area (Å²) in [5.41, 5.74) is 0.0525. The Morgan fingerprint density at radius 3 is 2.14 bits per heavy atom. The van der Waals surface area contributed by atoms with Crippen LogP contribution in [0.1, 0.15) is 0 Å². The molecule has 1 rings (SSSR count). The fraction of sp³-hybridized carbons (Fsp3) is 0.125. The summed E-state index contributed by atoms with van der Waals surface area (Å²) in [7, 11) is 0. The molecule has 0 atom stereocenters. The highest BCUT2D eigenvalue weighted by Gasteiger charge is 2.38. The van der Waals surface area contributed by atoms with Crippen molar-refractivity contribution in [3.05, 3.63) is 29.3 Å². The third-order valence-electron chi connectivity index (χ3n) is 1.36. The molecule has 76 valence electrons. The molecule has 0 spiro atoms. The van der Waals surface area contributed by atoms with Gasteiger partial charge in [-0.05, 0) is 24.3 Å². The molecular weight excluding hydrogens is 219 g/mol. The minimum Gasteiger partial charge on any atom is -0.318 e. The van der Waals surface area contributed by atoms with Crippen LogP contribution in [0.15, 0.2) is 24.3 Å². The second-order valence-corrected chi connectivity index (χ2v) is 2.90. The number of rotatable bonds is 1. The average Bonchev–Trinajstić information content (AvgIpc) is 2.07. The number of amides is 1. The fourth-order valence-corrected chi connectivity index (χ4v) is 0.861. The SMILES string of the molecule is O=C(Nc1ccc(Cl)cc1)C(F)(F)F. The topological polar surface area (TPSA) is 29.1 Å². The van der Waals surface area contributed by atoms with Gasteiger partial charge in [0.25, 0.3) is 0 Å². The Bertz CT molecular complexity index is 333. The number of nitrogens with one attached hydrogen (secondary N) is 1. The van der Waals surface area contributed by atoms with E-state index in [1.807, 2.05) is 0 Å². The van der Waals surface area contributed by atoms with Gasteiger partial charge in [-0.2, -0.15) is 13.2 Å². The monoisotopic (exact) mass is 223 g/mol. The van der Waals surface area contributed by atoms with Gasteiger partial charge in [0.1, 0.15) is 0 Å². The molecule has 1 aromatic carbocycles. The molecule has 0 unspecified atom stereocenters. The Balaban J connectivity index is 2.71. The van der Waals surface area contributed by atoms with Crippen LogP contribution in [0.25, 0.3) is 0 Å². The van der Waals surface area contributed by atoms with Gasteiger partial charge in [-0.1, -0.05) is 11.6 Å². The maximum atomic E-state index is 11.8. The summed E-state index contributed by atoms with van der Waals surface area (Å²) in [6, 6.07) is 5.33. The summed E-state index contributed by atoms with van der Waals surface area (Å²) in [5.74, 6) is -2.00. The van der Waals surface area contributed by atoms with E-state index in [2.05, 4.69) is 0 Å². The van der Waals surface area contributed by atoms with Gasteiger partial charge in [0.05, 0.1) is 0 Å². The molecule has 1 N–H and O–H groups in total. The van der Waals surface area contributed by atoms with Gasteiger partial charge in [0, 0.05) is 10.7 Å². The summed E-state index contributed by atoms with van der Waals surface area (Å²) >= 11 is 5.50. The van der Waals surface area contributed by atoms with E-state index in [0.29, 0.717) is 5.02 Å². The zero-order valence-electron chi connectivity index (χ0n) is 6.73. The number of halogens is 4. The molecule has 0 bridgehead atoms. The molecule has 0 radical (unpaired) electrons. The smallest absolute Gasteiger partial charge is 0.318 e. The van der Waals surface area contributed by atoms with Crippen molar-refractivity contribution in [2.75, 3.05) is 5.32 Å². The zero-order chi connectivity index (χ0) is 10.8. The Morgan fingerprint density at radius 2 is 1.71 bits per heavy atom. The molecular formula is C8H5ClF3NO. The van der Waals surface area contributed by atoms with Crippen molar-refractivity contribution in [3.63, 3.8) is 0 Å². The summed E-state index contributed by atoms with van der Waals surface area (Å²) in [6.07, 6.45) is -4.88. The van der Waals surface area contributed by atoms with Gasteiger partial charge in [-0.3, -0.25) is 4.79 Å². The Kier molecular flexibility index (Phi) is 3.00. The summed E-state index contributed by atoms with van der Waals surface area (Å²) in [5, 5.41) is 2.07. The highest BCUT2D eigenvalue weighted by atomic mass is 35.5. The quantitative estimate of drug-likeness (QED) is 0.779. The van der Waals surface area contributed by atoms with Crippen LogP contribution in [0.3, 0.4) is 0 Å². The molecule has 1 amide bonds. The zero-order valence-corrected chi connectivity index (χ0v) is 7.49. The van der Waals surface area contributed by atoms with E-state index >= 15 is 0 Å². The largest absolute Gasteiger partial charge is 0.471 e. The maximum absolute atomic E-state index is 11.8. The molecule has 0 aliphatic heterocycles. The van der Waals surface area contributed by atoms with Crippen molar-refractivity contribution < 1.29 is 18.0 Å². The lowest BCUT2D eigenvalue weighted by molar-refractivity contribution is -0.167. The molecule has 2 nitrogen and oxygen atoms in total. The van der Waals surface area contributed by atoms with Crippen molar-refractivity contribution in [2.24, 2.45) is 0 Å². The van der Waals surface area contributed by atoms with Gasteiger partial charge in [-0.15, -0.1) is 0 Å². The molecule has 0 aliphatic carbocycles. The van der Waals surface area contributed by atoms with Gasteiger partial charge < -0.3 is 5.32 Å². The van der Waals surface area contributed by atoms with Crippen LogP contribution in [0.5, 0.6) is 0 Å². The number of alkyl halides is 3. The van der Waals surface area contributed by atoms with Crippen molar-refractivity contribution >= 4 is 23.2 Å². The molecule has 0 saturated carbocycles. The molecule has 14 heavy (non-hydrogen) atoms. The van der Waals surface area contributed by atoms with E-state index in [1.165, 1.54) is 24.3 Å². The van der Waals surface area contributed by atoms with Gasteiger partial charge in [-0.25, -0.2) is 0 Å². The third-order valence-corrected chi connectivity index (χ3v) is 1.61. The van der Waals surface area contributed by atoms with Crippen LogP contribution in [0.4, 0.5) is 18.9 Å². The second-order valence-electron chi connectivity index (χ2n) is 2.46. The van der Waals surface area contributed by atoms with Crippen LogP contribution in [0, 0.1) is 0 Å².